The predicted molar refractivity (Wildman–Crippen MR) is 102 cm³/mol. The Kier molecular flexibility index (Phi) is 5.37. The molecule has 0 unspecified atom stereocenters. The van der Waals surface area contributed by atoms with Gasteiger partial charge in [-0.15, -0.1) is 0 Å². The van der Waals surface area contributed by atoms with Crippen LogP contribution in [0.4, 0.5) is 0 Å². The third-order valence-corrected chi connectivity index (χ3v) is 4.14. The van der Waals surface area contributed by atoms with E-state index in [1.165, 1.54) is 0 Å². The van der Waals surface area contributed by atoms with E-state index in [4.69, 9.17) is 18.9 Å². The van der Waals surface area contributed by atoms with Gasteiger partial charge in [-0.25, -0.2) is 0 Å². The van der Waals surface area contributed by atoms with Crippen LogP contribution in [0.1, 0.15) is 6.92 Å². The summed E-state index contributed by atoms with van der Waals surface area (Å²) in [6.45, 7) is 2.63. The second kappa shape index (κ2) is 7.87. The number of hydrogen-bond donors (Lipinski definition) is 0. The van der Waals surface area contributed by atoms with E-state index < -0.39 is 0 Å². The van der Waals surface area contributed by atoms with Crippen molar-refractivity contribution >= 4 is 0 Å². The van der Waals surface area contributed by atoms with Crippen molar-refractivity contribution in [3.8, 4) is 39.9 Å². The van der Waals surface area contributed by atoms with E-state index in [-0.39, 0.29) is 0 Å². The van der Waals surface area contributed by atoms with Crippen molar-refractivity contribution in [3.05, 3.63) is 54.7 Å². The molecule has 0 aliphatic rings. The Morgan fingerprint density at radius 3 is 2.04 bits per heavy atom. The van der Waals surface area contributed by atoms with Crippen LogP contribution in [0.15, 0.2) is 54.7 Å². The molecule has 0 atom stereocenters. The highest BCUT2D eigenvalue weighted by molar-refractivity contribution is 5.66. The summed E-state index contributed by atoms with van der Waals surface area (Å²) < 4.78 is 24.0. The number of benzene rings is 2. The van der Waals surface area contributed by atoms with Crippen LogP contribution in [0, 0.1) is 0 Å². The number of hydrogen-bond acceptors (Lipinski definition) is 4. The molecule has 26 heavy (non-hydrogen) atoms. The van der Waals surface area contributed by atoms with Crippen LogP contribution < -0.4 is 18.9 Å². The standard InChI is InChI=1S/C21H23NO4/c1-5-26-17-10-8-15(9-11-17)18-7-6-12-22(18)16-13-19(23-2)21(25-4)20(14-16)24-3/h6-14H,5H2,1-4H3. The fourth-order valence-corrected chi connectivity index (χ4v) is 2.94. The highest BCUT2D eigenvalue weighted by atomic mass is 16.5. The number of methoxy groups -OCH3 is 3. The van der Waals surface area contributed by atoms with E-state index in [0.717, 1.165) is 22.7 Å². The van der Waals surface area contributed by atoms with Gasteiger partial charge in [0.2, 0.25) is 5.75 Å². The zero-order valence-corrected chi connectivity index (χ0v) is 15.5. The van der Waals surface area contributed by atoms with Crippen LogP contribution >= 0.6 is 0 Å². The lowest BCUT2D eigenvalue weighted by molar-refractivity contribution is 0.324. The van der Waals surface area contributed by atoms with Crippen LogP contribution in [-0.4, -0.2) is 32.5 Å². The summed E-state index contributed by atoms with van der Waals surface area (Å²) in [4.78, 5) is 0. The molecule has 0 spiro atoms. The first-order valence-electron chi connectivity index (χ1n) is 8.42. The topological polar surface area (TPSA) is 41.9 Å². The van der Waals surface area contributed by atoms with Crippen LogP contribution in [-0.2, 0) is 0 Å². The SMILES string of the molecule is CCOc1ccc(-c2cccn2-c2cc(OC)c(OC)c(OC)c2)cc1. The van der Waals surface area contributed by atoms with Gasteiger partial charge in [-0.2, -0.15) is 0 Å². The van der Waals surface area contributed by atoms with Gasteiger partial charge in [0.1, 0.15) is 5.75 Å². The van der Waals surface area contributed by atoms with Gasteiger partial charge < -0.3 is 23.5 Å². The largest absolute Gasteiger partial charge is 0.494 e. The lowest BCUT2D eigenvalue weighted by atomic mass is 10.1. The fourth-order valence-electron chi connectivity index (χ4n) is 2.94. The molecule has 3 rings (SSSR count). The highest BCUT2D eigenvalue weighted by Gasteiger charge is 2.15. The zero-order chi connectivity index (χ0) is 18.5. The molecule has 0 N–H and O–H groups in total. The number of nitrogens with zero attached hydrogens (tertiary/aromatic N) is 1. The minimum Gasteiger partial charge on any atom is -0.494 e. The Morgan fingerprint density at radius 2 is 1.50 bits per heavy atom. The van der Waals surface area contributed by atoms with Crippen molar-refractivity contribution in [1.82, 2.24) is 4.57 Å². The van der Waals surface area contributed by atoms with Crippen molar-refractivity contribution in [2.75, 3.05) is 27.9 Å². The Balaban J connectivity index is 2.05. The van der Waals surface area contributed by atoms with Crippen molar-refractivity contribution in [1.29, 1.82) is 0 Å². The molecule has 0 fully saturated rings. The van der Waals surface area contributed by atoms with Gasteiger partial charge in [0.25, 0.3) is 0 Å². The molecule has 0 bridgehead atoms. The summed E-state index contributed by atoms with van der Waals surface area (Å²) >= 11 is 0. The van der Waals surface area contributed by atoms with Gasteiger partial charge in [0, 0.05) is 18.3 Å². The Labute approximate surface area is 153 Å². The molecule has 1 heterocycles. The smallest absolute Gasteiger partial charge is 0.203 e. The molecule has 0 saturated carbocycles. The molecular weight excluding hydrogens is 330 g/mol. The summed E-state index contributed by atoms with van der Waals surface area (Å²) in [6.07, 6.45) is 2.01. The molecule has 0 radical (unpaired) electrons. The fraction of sp³-hybridized carbons (Fsp3) is 0.238. The zero-order valence-electron chi connectivity index (χ0n) is 15.5. The minimum absolute atomic E-state index is 0.577. The van der Waals surface area contributed by atoms with Crippen LogP contribution in [0.2, 0.25) is 0 Å². The van der Waals surface area contributed by atoms with Crippen molar-refractivity contribution < 1.29 is 18.9 Å². The van der Waals surface area contributed by atoms with Gasteiger partial charge in [-0.1, -0.05) is 0 Å². The van der Waals surface area contributed by atoms with E-state index in [1.54, 1.807) is 21.3 Å². The lowest BCUT2D eigenvalue weighted by Gasteiger charge is -2.16. The molecule has 3 aromatic rings. The molecule has 2 aromatic carbocycles. The first-order chi connectivity index (χ1) is 12.7. The quantitative estimate of drug-likeness (QED) is 0.624. The number of aromatic nitrogens is 1. The van der Waals surface area contributed by atoms with Crippen LogP contribution in [0.5, 0.6) is 23.0 Å². The van der Waals surface area contributed by atoms with Gasteiger partial charge in [0.05, 0.1) is 39.3 Å². The maximum atomic E-state index is 5.53. The molecule has 5 nitrogen and oxygen atoms in total. The van der Waals surface area contributed by atoms with Crippen molar-refractivity contribution in [2.45, 2.75) is 6.92 Å². The molecule has 1 aromatic heterocycles. The van der Waals surface area contributed by atoms with Crippen molar-refractivity contribution in [3.63, 3.8) is 0 Å². The normalized spacial score (nSPS) is 10.5. The summed E-state index contributed by atoms with van der Waals surface area (Å²) in [6, 6.07) is 16.0. The summed E-state index contributed by atoms with van der Waals surface area (Å²) in [5.74, 6) is 2.68. The van der Waals surface area contributed by atoms with Gasteiger partial charge in [-0.05, 0) is 48.9 Å². The first-order valence-corrected chi connectivity index (χ1v) is 8.42. The average molecular weight is 353 g/mol. The maximum Gasteiger partial charge on any atom is 0.203 e. The van der Waals surface area contributed by atoms with Gasteiger partial charge in [0.15, 0.2) is 11.5 Å². The second-order valence-electron chi connectivity index (χ2n) is 5.60. The third kappa shape index (κ3) is 3.33. The van der Waals surface area contributed by atoms with Gasteiger partial charge in [-0.3, -0.25) is 0 Å². The van der Waals surface area contributed by atoms with E-state index in [2.05, 4.69) is 22.8 Å². The summed E-state index contributed by atoms with van der Waals surface area (Å²) in [5, 5.41) is 0. The van der Waals surface area contributed by atoms with E-state index in [9.17, 15) is 0 Å². The lowest BCUT2D eigenvalue weighted by Crippen LogP contribution is -2.00. The molecule has 0 saturated heterocycles. The first kappa shape index (κ1) is 17.7. The van der Waals surface area contributed by atoms with E-state index >= 15 is 0 Å². The van der Waals surface area contributed by atoms with Crippen LogP contribution in [0.3, 0.4) is 0 Å². The molecule has 136 valence electrons. The van der Waals surface area contributed by atoms with Crippen molar-refractivity contribution in [2.24, 2.45) is 0 Å². The second-order valence-corrected chi connectivity index (χ2v) is 5.60. The predicted octanol–water partition coefficient (Wildman–Crippen LogP) is 4.57. The number of rotatable bonds is 7. The summed E-state index contributed by atoms with van der Waals surface area (Å²) in [7, 11) is 4.83. The van der Waals surface area contributed by atoms with E-state index in [0.29, 0.717) is 23.9 Å². The Hall–Kier alpha value is -3.08. The molecule has 0 amide bonds. The monoisotopic (exact) mass is 353 g/mol. The molecular formula is C21H23NO4. The molecule has 0 aliphatic carbocycles. The Morgan fingerprint density at radius 1 is 0.846 bits per heavy atom. The average Bonchev–Trinajstić information content (AvgIpc) is 3.17. The summed E-state index contributed by atoms with van der Waals surface area (Å²) in [5.41, 5.74) is 3.07. The van der Waals surface area contributed by atoms with Crippen LogP contribution in [0.25, 0.3) is 16.9 Å². The molecule has 5 heteroatoms. The highest BCUT2D eigenvalue weighted by Crippen LogP contribution is 2.40. The van der Waals surface area contributed by atoms with Gasteiger partial charge >= 0.3 is 0 Å². The number of ether oxygens (including phenoxy) is 4. The Bertz CT molecular complexity index is 843. The molecule has 0 aliphatic heterocycles. The maximum absolute atomic E-state index is 5.53. The van der Waals surface area contributed by atoms with E-state index in [1.807, 2.05) is 43.5 Å². The minimum atomic E-state index is 0.577. The third-order valence-electron chi connectivity index (χ3n) is 4.14.